The van der Waals surface area contributed by atoms with Gasteiger partial charge >= 0.3 is 0 Å². The molecule has 106 valence electrons. The second kappa shape index (κ2) is 4.90. The zero-order valence-corrected chi connectivity index (χ0v) is 12.2. The molecule has 0 bridgehead atoms. The first-order valence-corrected chi connectivity index (χ1v) is 7.80. The predicted molar refractivity (Wildman–Crippen MR) is 82.7 cm³/mol. The average molecular weight is 269 g/mol. The highest BCUT2D eigenvalue weighted by Crippen LogP contribution is 2.28. The molecule has 0 amide bonds. The molecule has 20 heavy (non-hydrogen) atoms. The fourth-order valence-electron chi connectivity index (χ4n) is 4.06. The molecule has 0 spiro atoms. The Morgan fingerprint density at radius 2 is 2.15 bits per heavy atom. The largest absolute Gasteiger partial charge is 0.350 e. The minimum absolute atomic E-state index is 0.735. The summed E-state index contributed by atoms with van der Waals surface area (Å²) < 4.78 is 2.26. The Balaban J connectivity index is 1.56. The van der Waals surface area contributed by atoms with Gasteiger partial charge in [-0.2, -0.15) is 0 Å². The Morgan fingerprint density at radius 1 is 1.25 bits per heavy atom. The second-order valence-corrected chi connectivity index (χ2v) is 6.44. The van der Waals surface area contributed by atoms with Gasteiger partial charge in [-0.25, -0.2) is 0 Å². The highest BCUT2D eigenvalue weighted by molar-refractivity contribution is 5.83. The molecule has 2 unspecified atom stereocenters. The summed E-state index contributed by atoms with van der Waals surface area (Å²) in [6.45, 7) is 4.79. The smallest absolute Gasteiger partial charge is 0.0481 e. The Labute approximate surface area is 120 Å². The summed E-state index contributed by atoms with van der Waals surface area (Å²) in [6.07, 6.45) is 5.06. The van der Waals surface area contributed by atoms with E-state index in [0.717, 1.165) is 18.5 Å². The molecule has 2 atom stereocenters. The number of para-hydroxylation sites is 1. The minimum Gasteiger partial charge on any atom is -0.350 e. The van der Waals surface area contributed by atoms with Crippen molar-refractivity contribution in [3.05, 3.63) is 36.0 Å². The number of rotatable bonds is 2. The number of aryl methyl sites for hydroxylation is 1. The van der Waals surface area contributed by atoms with Crippen LogP contribution in [0.5, 0.6) is 0 Å². The van der Waals surface area contributed by atoms with E-state index in [1.165, 1.54) is 48.9 Å². The molecule has 0 saturated carbocycles. The van der Waals surface area contributed by atoms with Crippen molar-refractivity contribution in [3.8, 4) is 0 Å². The zero-order valence-electron chi connectivity index (χ0n) is 12.2. The lowest BCUT2D eigenvalue weighted by Crippen LogP contribution is -2.40. The van der Waals surface area contributed by atoms with Crippen LogP contribution in [0, 0.1) is 5.92 Å². The monoisotopic (exact) mass is 269 g/mol. The molecule has 1 aromatic carbocycles. The lowest BCUT2D eigenvalue weighted by molar-refractivity contribution is 0.313. The number of aromatic nitrogens is 1. The molecule has 3 heterocycles. The number of fused-ring (bicyclic) bond motifs is 2. The predicted octanol–water partition coefficient (Wildman–Crippen LogP) is 2.36. The molecule has 4 rings (SSSR count). The Bertz CT molecular complexity index is 602. The van der Waals surface area contributed by atoms with Gasteiger partial charge in [0.2, 0.25) is 0 Å². The van der Waals surface area contributed by atoms with E-state index in [4.69, 9.17) is 0 Å². The van der Waals surface area contributed by atoms with Gasteiger partial charge in [0.15, 0.2) is 0 Å². The summed E-state index contributed by atoms with van der Waals surface area (Å²) in [4.78, 5) is 2.63. The van der Waals surface area contributed by atoms with E-state index in [9.17, 15) is 0 Å². The van der Waals surface area contributed by atoms with Crippen molar-refractivity contribution < 1.29 is 0 Å². The van der Waals surface area contributed by atoms with E-state index in [2.05, 4.69) is 52.3 Å². The highest BCUT2D eigenvalue weighted by atomic mass is 15.2. The third kappa shape index (κ3) is 2.05. The van der Waals surface area contributed by atoms with Crippen molar-refractivity contribution in [2.45, 2.75) is 25.4 Å². The summed E-state index contributed by atoms with van der Waals surface area (Å²) in [6, 6.07) is 9.48. The van der Waals surface area contributed by atoms with Crippen LogP contribution in [-0.4, -0.2) is 35.1 Å². The summed E-state index contributed by atoms with van der Waals surface area (Å²) in [5.74, 6) is 0.874. The SMILES string of the molecule is Cn1cc(CN2CC3CCCNC3C2)c2ccccc21. The standard InChI is InChI=1S/C17H23N3/c1-19-9-14(15-6-2-3-7-17(15)19)11-20-10-13-5-4-8-18-16(13)12-20/h2-3,6-7,9,13,16,18H,4-5,8,10-12H2,1H3. The molecule has 3 heteroatoms. The van der Waals surface area contributed by atoms with Gasteiger partial charge in [-0.1, -0.05) is 18.2 Å². The summed E-state index contributed by atoms with van der Waals surface area (Å²) in [5, 5.41) is 5.11. The second-order valence-electron chi connectivity index (χ2n) is 6.44. The molecule has 0 radical (unpaired) electrons. The van der Waals surface area contributed by atoms with Gasteiger partial charge in [-0.3, -0.25) is 4.90 Å². The lowest BCUT2D eigenvalue weighted by atomic mass is 9.94. The van der Waals surface area contributed by atoms with Crippen LogP contribution in [0.2, 0.25) is 0 Å². The maximum Gasteiger partial charge on any atom is 0.0481 e. The number of piperidine rings is 1. The number of hydrogen-bond donors (Lipinski definition) is 1. The Hall–Kier alpha value is -1.32. The van der Waals surface area contributed by atoms with Crippen molar-refractivity contribution in [1.29, 1.82) is 0 Å². The molecule has 2 aliphatic rings. The molecule has 1 aromatic heterocycles. The van der Waals surface area contributed by atoms with Crippen LogP contribution in [0.25, 0.3) is 10.9 Å². The molecule has 2 fully saturated rings. The number of nitrogens with zero attached hydrogens (tertiary/aromatic N) is 2. The van der Waals surface area contributed by atoms with Gasteiger partial charge in [0.05, 0.1) is 0 Å². The lowest BCUT2D eigenvalue weighted by Gasteiger charge is -2.24. The number of nitrogens with one attached hydrogen (secondary N) is 1. The molecule has 0 aliphatic carbocycles. The van der Waals surface area contributed by atoms with Gasteiger partial charge in [0, 0.05) is 49.8 Å². The Kier molecular flexibility index (Phi) is 3.04. The van der Waals surface area contributed by atoms with Gasteiger partial charge in [0.25, 0.3) is 0 Å². The highest BCUT2D eigenvalue weighted by Gasteiger charge is 2.34. The van der Waals surface area contributed by atoms with E-state index in [1.807, 2.05) is 0 Å². The summed E-state index contributed by atoms with van der Waals surface area (Å²) in [7, 11) is 2.15. The molecule has 3 nitrogen and oxygen atoms in total. The van der Waals surface area contributed by atoms with Crippen LogP contribution in [0.1, 0.15) is 18.4 Å². The van der Waals surface area contributed by atoms with Crippen LogP contribution in [0.15, 0.2) is 30.5 Å². The number of hydrogen-bond acceptors (Lipinski definition) is 2. The molecule has 2 aliphatic heterocycles. The maximum atomic E-state index is 3.69. The van der Waals surface area contributed by atoms with Crippen LogP contribution < -0.4 is 5.32 Å². The first kappa shape index (κ1) is 12.4. The Morgan fingerprint density at radius 3 is 3.05 bits per heavy atom. The quantitative estimate of drug-likeness (QED) is 0.903. The van der Waals surface area contributed by atoms with Crippen molar-refractivity contribution >= 4 is 10.9 Å². The number of likely N-dealkylation sites (tertiary alicyclic amines) is 1. The third-order valence-corrected chi connectivity index (χ3v) is 5.05. The topological polar surface area (TPSA) is 20.2 Å². The molecular weight excluding hydrogens is 246 g/mol. The third-order valence-electron chi connectivity index (χ3n) is 5.05. The molecule has 2 aromatic rings. The zero-order chi connectivity index (χ0) is 13.5. The van der Waals surface area contributed by atoms with Crippen molar-refractivity contribution in [1.82, 2.24) is 14.8 Å². The summed E-state index contributed by atoms with van der Waals surface area (Å²) >= 11 is 0. The van der Waals surface area contributed by atoms with Gasteiger partial charge in [-0.15, -0.1) is 0 Å². The van der Waals surface area contributed by atoms with E-state index in [0.29, 0.717) is 0 Å². The van der Waals surface area contributed by atoms with E-state index in [1.54, 1.807) is 0 Å². The summed E-state index contributed by atoms with van der Waals surface area (Å²) in [5.41, 5.74) is 2.82. The first-order chi connectivity index (χ1) is 9.81. The molecule has 1 N–H and O–H groups in total. The fraction of sp³-hybridized carbons (Fsp3) is 0.529. The average Bonchev–Trinajstić information content (AvgIpc) is 3.01. The van der Waals surface area contributed by atoms with E-state index in [-0.39, 0.29) is 0 Å². The van der Waals surface area contributed by atoms with Gasteiger partial charge in [0.1, 0.15) is 0 Å². The van der Waals surface area contributed by atoms with E-state index < -0.39 is 0 Å². The molecule has 2 saturated heterocycles. The van der Waals surface area contributed by atoms with Crippen LogP contribution in [0.4, 0.5) is 0 Å². The number of benzene rings is 1. The van der Waals surface area contributed by atoms with Gasteiger partial charge in [-0.05, 0) is 36.9 Å². The van der Waals surface area contributed by atoms with Crippen LogP contribution >= 0.6 is 0 Å². The van der Waals surface area contributed by atoms with Crippen molar-refractivity contribution in [2.75, 3.05) is 19.6 Å². The first-order valence-electron chi connectivity index (χ1n) is 7.80. The van der Waals surface area contributed by atoms with Crippen molar-refractivity contribution in [3.63, 3.8) is 0 Å². The normalized spacial score (nSPS) is 27.1. The van der Waals surface area contributed by atoms with Crippen LogP contribution in [-0.2, 0) is 13.6 Å². The van der Waals surface area contributed by atoms with Crippen LogP contribution in [0.3, 0.4) is 0 Å². The van der Waals surface area contributed by atoms with Gasteiger partial charge < -0.3 is 9.88 Å². The van der Waals surface area contributed by atoms with Crippen molar-refractivity contribution in [2.24, 2.45) is 13.0 Å². The fourth-order valence-corrected chi connectivity index (χ4v) is 4.06. The van der Waals surface area contributed by atoms with E-state index >= 15 is 0 Å². The molecular formula is C17H23N3. The maximum absolute atomic E-state index is 3.69. The minimum atomic E-state index is 0.735.